The third-order valence-corrected chi connectivity index (χ3v) is 2.41. The Morgan fingerprint density at radius 1 is 1.17 bits per heavy atom. The van der Waals surface area contributed by atoms with Crippen LogP contribution in [0.3, 0.4) is 0 Å². The van der Waals surface area contributed by atoms with Crippen LogP contribution in [-0.2, 0) is 0 Å². The van der Waals surface area contributed by atoms with Crippen molar-refractivity contribution in [3.63, 3.8) is 0 Å². The molecule has 0 heterocycles. The van der Waals surface area contributed by atoms with Crippen LogP contribution in [0.2, 0.25) is 0 Å². The van der Waals surface area contributed by atoms with Gasteiger partial charge in [-0.15, -0.1) is 0 Å². The molecule has 96 valence electrons. The number of hydrogen-bond acceptors (Lipinski definition) is 1. The molecule has 0 saturated heterocycles. The molecule has 0 aliphatic rings. The lowest BCUT2D eigenvalue weighted by Crippen LogP contribution is -2.36. The molecule has 3 heteroatoms. The second-order valence-electron chi connectivity index (χ2n) is 3.98. The molecule has 1 rings (SSSR count). The molecule has 0 spiro atoms. The third-order valence-electron chi connectivity index (χ3n) is 2.41. The summed E-state index contributed by atoms with van der Waals surface area (Å²) in [5, 5.41) is 5.50. The minimum absolute atomic E-state index is 0.145. The zero-order valence-corrected chi connectivity index (χ0v) is 10.8. The van der Waals surface area contributed by atoms with Crippen molar-refractivity contribution in [1.29, 1.82) is 0 Å². The Balaban J connectivity index is 2.14. The molecule has 1 aromatic carbocycles. The highest BCUT2D eigenvalue weighted by molar-refractivity contribution is 5.74. The van der Waals surface area contributed by atoms with Gasteiger partial charge in [0.15, 0.2) is 0 Å². The molecular formula is C15H20N2O. The van der Waals surface area contributed by atoms with Gasteiger partial charge in [-0.05, 0) is 18.6 Å². The van der Waals surface area contributed by atoms with Crippen molar-refractivity contribution in [2.45, 2.75) is 26.2 Å². The fourth-order valence-corrected chi connectivity index (χ4v) is 1.43. The van der Waals surface area contributed by atoms with Gasteiger partial charge in [-0.2, -0.15) is 0 Å². The third kappa shape index (κ3) is 6.59. The van der Waals surface area contributed by atoms with Crippen molar-refractivity contribution in [2.75, 3.05) is 13.1 Å². The average Bonchev–Trinajstić information content (AvgIpc) is 2.41. The zero-order valence-electron chi connectivity index (χ0n) is 10.8. The Labute approximate surface area is 109 Å². The predicted molar refractivity (Wildman–Crippen MR) is 74.2 cm³/mol. The Morgan fingerprint density at radius 3 is 2.67 bits per heavy atom. The first-order valence-corrected chi connectivity index (χ1v) is 6.38. The van der Waals surface area contributed by atoms with E-state index in [1.54, 1.807) is 0 Å². The summed E-state index contributed by atoms with van der Waals surface area (Å²) in [6.07, 6.45) is 3.33. The molecule has 2 amide bonds. The number of amides is 2. The Bertz CT molecular complexity index is 403. The van der Waals surface area contributed by atoms with E-state index in [4.69, 9.17) is 0 Å². The highest BCUT2D eigenvalue weighted by Gasteiger charge is 1.95. The van der Waals surface area contributed by atoms with E-state index in [2.05, 4.69) is 29.4 Å². The highest BCUT2D eigenvalue weighted by atomic mass is 16.2. The van der Waals surface area contributed by atoms with Gasteiger partial charge >= 0.3 is 6.03 Å². The Hall–Kier alpha value is -1.95. The van der Waals surface area contributed by atoms with E-state index < -0.39 is 0 Å². The fraction of sp³-hybridized carbons (Fsp3) is 0.400. The standard InChI is InChI=1S/C15H20N2O/c1-2-3-7-12-16-15(18)17-13-8-11-14-9-5-4-6-10-14/h4-6,9-10H,2-3,7,12-13H2,1H3,(H2,16,17,18). The lowest BCUT2D eigenvalue weighted by Gasteiger charge is -2.04. The summed E-state index contributed by atoms with van der Waals surface area (Å²) < 4.78 is 0. The number of carbonyl (C=O) groups excluding carboxylic acids is 1. The minimum atomic E-state index is -0.145. The van der Waals surface area contributed by atoms with Gasteiger partial charge in [-0.25, -0.2) is 4.79 Å². The molecule has 0 aliphatic carbocycles. The van der Waals surface area contributed by atoms with Crippen LogP contribution in [0.5, 0.6) is 0 Å². The van der Waals surface area contributed by atoms with Gasteiger partial charge in [0, 0.05) is 12.1 Å². The molecular weight excluding hydrogens is 224 g/mol. The molecule has 0 unspecified atom stereocenters. The number of carbonyl (C=O) groups is 1. The predicted octanol–water partition coefficient (Wildman–Crippen LogP) is 2.53. The van der Waals surface area contributed by atoms with Crippen molar-refractivity contribution in [1.82, 2.24) is 10.6 Å². The first-order chi connectivity index (χ1) is 8.83. The summed E-state index contributed by atoms with van der Waals surface area (Å²) in [6.45, 7) is 3.24. The Kier molecular flexibility index (Phi) is 7.15. The maximum atomic E-state index is 11.3. The van der Waals surface area contributed by atoms with Crippen LogP contribution >= 0.6 is 0 Å². The summed E-state index contributed by atoms with van der Waals surface area (Å²) in [6, 6.07) is 9.58. The van der Waals surface area contributed by atoms with Crippen LogP contribution in [0.1, 0.15) is 31.7 Å². The molecule has 0 aromatic heterocycles. The Morgan fingerprint density at radius 2 is 1.94 bits per heavy atom. The summed E-state index contributed by atoms with van der Waals surface area (Å²) in [7, 11) is 0. The van der Waals surface area contributed by atoms with Crippen LogP contribution < -0.4 is 10.6 Å². The van der Waals surface area contributed by atoms with Crippen LogP contribution in [0.15, 0.2) is 30.3 Å². The molecule has 0 radical (unpaired) electrons. The maximum absolute atomic E-state index is 11.3. The quantitative estimate of drug-likeness (QED) is 0.606. The van der Waals surface area contributed by atoms with Gasteiger partial charge < -0.3 is 10.6 Å². The average molecular weight is 244 g/mol. The van der Waals surface area contributed by atoms with Gasteiger partial charge in [0.05, 0.1) is 6.54 Å². The number of hydrogen-bond donors (Lipinski definition) is 2. The highest BCUT2D eigenvalue weighted by Crippen LogP contribution is 1.94. The monoisotopic (exact) mass is 244 g/mol. The fourth-order valence-electron chi connectivity index (χ4n) is 1.43. The first-order valence-electron chi connectivity index (χ1n) is 6.38. The van der Waals surface area contributed by atoms with Gasteiger partial charge in [-0.1, -0.05) is 49.8 Å². The lowest BCUT2D eigenvalue weighted by atomic mass is 10.2. The van der Waals surface area contributed by atoms with Crippen molar-refractivity contribution in [3.8, 4) is 11.8 Å². The van der Waals surface area contributed by atoms with E-state index in [0.717, 1.165) is 31.4 Å². The number of benzene rings is 1. The largest absolute Gasteiger partial charge is 0.338 e. The van der Waals surface area contributed by atoms with Gasteiger partial charge in [0.2, 0.25) is 0 Å². The van der Waals surface area contributed by atoms with Crippen LogP contribution in [0.4, 0.5) is 4.79 Å². The molecule has 3 nitrogen and oxygen atoms in total. The van der Waals surface area contributed by atoms with E-state index in [1.165, 1.54) is 0 Å². The van der Waals surface area contributed by atoms with Crippen LogP contribution in [-0.4, -0.2) is 19.1 Å². The van der Waals surface area contributed by atoms with Crippen molar-refractivity contribution in [3.05, 3.63) is 35.9 Å². The smallest absolute Gasteiger partial charge is 0.315 e. The molecule has 0 fully saturated rings. The van der Waals surface area contributed by atoms with E-state index in [0.29, 0.717) is 6.54 Å². The first kappa shape index (κ1) is 14.1. The zero-order chi connectivity index (χ0) is 13.1. The molecule has 18 heavy (non-hydrogen) atoms. The summed E-state index contributed by atoms with van der Waals surface area (Å²) in [5.41, 5.74) is 0.961. The van der Waals surface area contributed by atoms with Crippen LogP contribution in [0, 0.1) is 11.8 Å². The number of urea groups is 1. The molecule has 0 aliphatic heterocycles. The van der Waals surface area contributed by atoms with Crippen LogP contribution in [0.25, 0.3) is 0 Å². The van der Waals surface area contributed by atoms with E-state index in [1.807, 2.05) is 30.3 Å². The second-order valence-corrected chi connectivity index (χ2v) is 3.98. The maximum Gasteiger partial charge on any atom is 0.315 e. The topological polar surface area (TPSA) is 41.1 Å². The molecule has 0 saturated carbocycles. The van der Waals surface area contributed by atoms with Crippen molar-refractivity contribution in [2.24, 2.45) is 0 Å². The SMILES string of the molecule is CCCCCNC(=O)NCC#Cc1ccccc1. The molecule has 2 N–H and O–H groups in total. The number of nitrogens with one attached hydrogen (secondary N) is 2. The number of unbranched alkanes of at least 4 members (excludes halogenated alkanes) is 2. The minimum Gasteiger partial charge on any atom is -0.338 e. The van der Waals surface area contributed by atoms with Gasteiger partial charge in [-0.3, -0.25) is 0 Å². The number of rotatable bonds is 5. The second kappa shape index (κ2) is 9.12. The normalized spacial score (nSPS) is 9.17. The van der Waals surface area contributed by atoms with Gasteiger partial charge in [0.25, 0.3) is 0 Å². The summed E-state index contributed by atoms with van der Waals surface area (Å²) >= 11 is 0. The van der Waals surface area contributed by atoms with Crippen molar-refractivity contribution < 1.29 is 4.79 Å². The van der Waals surface area contributed by atoms with E-state index in [-0.39, 0.29) is 6.03 Å². The van der Waals surface area contributed by atoms with Gasteiger partial charge in [0.1, 0.15) is 0 Å². The van der Waals surface area contributed by atoms with Crippen molar-refractivity contribution >= 4 is 6.03 Å². The molecule has 0 bridgehead atoms. The summed E-state index contributed by atoms with van der Waals surface area (Å²) in [5.74, 6) is 5.90. The lowest BCUT2D eigenvalue weighted by molar-refractivity contribution is 0.242. The molecule has 0 atom stereocenters. The molecule has 1 aromatic rings. The van der Waals surface area contributed by atoms with E-state index >= 15 is 0 Å². The van der Waals surface area contributed by atoms with E-state index in [9.17, 15) is 4.79 Å². The summed E-state index contributed by atoms with van der Waals surface area (Å²) in [4.78, 5) is 11.3.